The van der Waals surface area contributed by atoms with Gasteiger partial charge in [0.15, 0.2) is 5.13 Å². The van der Waals surface area contributed by atoms with Crippen LogP contribution >= 0.6 is 27.3 Å². The lowest BCUT2D eigenvalue weighted by Gasteiger charge is -2.13. The van der Waals surface area contributed by atoms with Crippen molar-refractivity contribution in [3.8, 4) is 0 Å². The molecule has 1 atom stereocenters. The SMILES string of the molecule is Cc1nc(NC(=O)[C@H](C)n2ncc(Br)c2C)sc1C. The van der Waals surface area contributed by atoms with Crippen LogP contribution in [0.5, 0.6) is 0 Å². The summed E-state index contributed by atoms with van der Waals surface area (Å²) in [6.45, 7) is 7.65. The summed E-state index contributed by atoms with van der Waals surface area (Å²) in [6.07, 6.45) is 1.69. The molecule has 0 saturated heterocycles. The van der Waals surface area contributed by atoms with Crippen molar-refractivity contribution < 1.29 is 4.79 Å². The molecule has 0 radical (unpaired) electrons. The van der Waals surface area contributed by atoms with E-state index in [2.05, 4.69) is 31.3 Å². The molecule has 0 spiro atoms. The summed E-state index contributed by atoms with van der Waals surface area (Å²) >= 11 is 4.87. The molecular formula is C12H15BrN4OS. The maximum Gasteiger partial charge on any atom is 0.250 e. The first-order chi connectivity index (χ1) is 8.90. The molecule has 7 heteroatoms. The number of carbonyl (C=O) groups excluding carboxylic acids is 1. The third-order valence-electron chi connectivity index (χ3n) is 2.99. The van der Waals surface area contributed by atoms with Crippen LogP contribution in [0.2, 0.25) is 0 Å². The van der Waals surface area contributed by atoms with Crippen molar-refractivity contribution in [2.45, 2.75) is 33.7 Å². The zero-order chi connectivity index (χ0) is 14.2. The van der Waals surface area contributed by atoms with Crippen molar-refractivity contribution in [1.82, 2.24) is 14.8 Å². The number of amides is 1. The fourth-order valence-corrected chi connectivity index (χ4v) is 2.73. The number of rotatable bonds is 3. The topological polar surface area (TPSA) is 59.8 Å². The van der Waals surface area contributed by atoms with Crippen molar-refractivity contribution in [1.29, 1.82) is 0 Å². The van der Waals surface area contributed by atoms with Gasteiger partial charge in [0.05, 0.1) is 22.1 Å². The predicted octanol–water partition coefficient (Wildman–Crippen LogP) is 3.23. The van der Waals surface area contributed by atoms with E-state index in [-0.39, 0.29) is 11.9 Å². The molecule has 2 aromatic heterocycles. The second kappa shape index (κ2) is 5.42. The maximum absolute atomic E-state index is 12.2. The molecule has 2 aromatic rings. The van der Waals surface area contributed by atoms with Gasteiger partial charge in [-0.2, -0.15) is 5.10 Å². The molecule has 0 aliphatic carbocycles. The molecule has 0 unspecified atom stereocenters. The van der Waals surface area contributed by atoms with Gasteiger partial charge in [-0.25, -0.2) is 4.98 Å². The summed E-state index contributed by atoms with van der Waals surface area (Å²) in [5.74, 6) is -0.118. The molecule has 0 bridgehead atoms. The Morgan fingerprint density at radius 3 is 2.63 bits per heavy atom. The fourth-order valence-electron chi connectivity index (χ4n) is 1.64. The maximum atomic E-state index is 12.2. The number of nitrogens with one attached hydrogen (secondary N) is 1. The van der Waals surface area contributed by atoms with Crippen LogP contribution in [0.15, 0.2) is 10.7 Å². The van der Waals surface area contributed by atoms with Gasteiger partial charge in [0, 0.05) is 4.88 Å². The number of aromatic nitrogens is 3. The minimum absolute atomic E-state index is 0.118. The van der Waals surface area contributed by atoms with Crippen LogP contribution in [-0.2, 0) is 4.79 Å². The quantitative estimate of drug-likeness (QED) is 0.931. The molecule has 1 N–H and O–H groups in total. The number of thiazole rings is 1. The molecule has 1 amide bonds. The second-order valence-corrected chi connectivity index (χ2v) is 6.41. The van der Waals surface area contributed by atoms with Gasteiger partial charge in [-0.1, -0.05) is 0 Å². The fraction of sp³-hybridized carbons (Fsp3) is 0.417. The van der Waals surface area contributed by atoms with Crippen molar-refractivity contribution in [2.75, 3.05) is 5.32 Å². The van der Waals surface area contributed by atoms with E-state index in [9.17, 15) is 4.79 Å². The molecule has 2 rings (SSSR count). The van der Waals surface area contributed by atoms with Crippen molar-refractivity contribution in [3.63, 3.8) is 0 Å². The van der Waals surface area contributed by atoms with Gasteiger partial charge < -0.3 is 5.32 Å². The monoisotopic (exact) mass is 342 g/mol. The third kappa shape index (κ3) is 2.87. The Kier molecular flexibility index (Phi) is 4.05. The Hall–Kier alpha value is -1.21. The Morgan fingerprint density at radius 1 is 1.47 bits per heavy atom. The highest BCUT2D eigenvalue weighted by Crippen LogP contribution is 2.23. The van der Waals surface area contributed by atoms with Crippen LogP contribution in [0.25, 0.3) is 0 Å². The number of hydrogen-bond donors (Lipinski definition) is 1. The number of aryl methyl sites for hydroxylation is 2. The van der Waals surface area contributed by atoms with Gasteiger partial charge in [0.25, 0.3) is 5.91 Å². The Morgan fingerprint density at radius 2 is 2.16 bits per heavy atom. The van der Waals surface area contributed by atoms with Gasteiger partial charge in [-0.05, 0) is 43.6 Å². The van der Waals surface area contributed by atoms with Crippen LogP contribution in [0, 0.1) is 20.8 Å². The van der Waals surface area contributed by atoms with Crippen LogP contribution in [0.1, 0.15) is 29.2 Å². The van der Waals surface area contributed by atoms with Crippen molar-refractivity contribution in [2.24, 2.45) is 0 Å². The number of carbonyl (C=O) groups is 1. The summed E-state index contributed by atoms with van der Waals surface area (Å²) in [7, 11) is 0. The number of halogens is 1. The predicted molar refractivity (Wildman–Crippen MR) is 79.6 cm³/mol. The molecule has 2 heterocycles. The average Bonchev–Trinajstić information content (AvgIpc) is 2.83. The first-order valence-electron chi connectivity index (χ1n) is 5.84. The van der Waals surface area contributed by atoms with Crippen LogP contribution in [0.3, 0.4) is 0 Å². The van der Waals surface area contributed by atoms with Gasteiger partial charge in [0.2, 0.25) is 0 Å². The van der Waals surface area contributed by atoms with E-state index in [0.717, 1.165) is 20.7 Å². The third-order valence-corrected chi connectivity index (χ3v) is 4.76. The largest absolute Gasteiger partial charge is 0.300 e. The second-order valence-electron chi connectivity index (χ2n) is 4.35. The van der Waals surface area contributed by atoms with Gasteiger partial charge >= 0.3 is 0 Å². The minimum atomic E-state index is -0.379. The van der Waals surface area contributed by atoms with E-state index in [1.807, 2.05) is 27.7 Å². The van der Waals surface area contributed by atoms with E-state index >= 15 is 0 Å². The standard InChI is InChI=1S/C12H15BrN4OS/c1-6-9(4)19-12(15-6)16-11(18)8(3)17-7(2)10(13)5-14-17/h5,8H,1-4H3,(H,15,16,18)/t8-/m0/s1. The molecule has 5 nitrogen and oxygen atoms in total. The number of anilines is 1. The lowest BCUT2D eigenvalue weighted by atomic mass is 10.3. The molecule has 0 aliphatic heterocycles. The molecule has 19 heavy (non-hydrogen) atoms. The van der Waals surface area contributed by atoms with Gasteiger partial charge in [-0.3, -0.25) is 9.48 Å². The van der Waals surface area contributed by atoms with Gasteiger partial charge in [0.1, 0.15) is 6.04 Å². The smallest absolute Gasteiger partial charge is 0.250 e. The highest BCUT2D eigenvalue weighted by atomic mass is 79.9. The van der Waals surface area contributed by atoms with Crippen molar-refractivity contribution >= 4 is 38.3 Å². The van der Waals surface area contributed by atoms with E-state index in [0.29, 0.717) is 5.13 Å². The highest BCUT2D eigenvalue weighted by Gasteiger charge is 2.19. The number of hydrogen-bond acceptors (Lipinski definition) is 4. The van der Waals surface area contributed by atoms with Crippen LogP contribution in [0.4, 0.5) is 5.13 Å². The molecule has 0 aromatic carbocycles. The summed E-state index contributed by atoms with van der Waals surface area (Å²) in [5.41, 5.74) is 1.88. The Bertz CT molecular complexity index is 600. The Balaban J connectivity index is 2.14. The van der Waals surface area contributed by atoms with E-state index < -0.39 is 0 Å². The minimum Gasteiger partial charge on any atom is -0.300 e. The highest BCUT2D eigenvalue weighted by molar-refractivity contribution is 9.10. The Labute approximate surface area is 124 Å². The molecule has 0 aliphatic rings. The van der Waals surface area contributed by atoms with E-state index in [4.69, 9.17) is 0 Å². The van der Waals surface area contributed by atoms with Crippen LogP contribution in [-0.4, -0.2) is 20.7 Å². The summed E-state index contributed by atoms with van der Waals surface area (Å²) in [5, 5.41) is 7.66. The molecular weight excluding hydrogens is 328 g/mol. The van der Waals surface area contributed by atoms with E-state index in [1.54, 1.807) is 10.9 Å². The summed E-state index contributed by atoms with van der Waals surface area (Å²) in [4.78, 5) is 17.6. The van der Waals surface area contributed by atoms with Crippen molar-refractivity contribution in [3.05, 3.63) is 26.9 Å². The number of nitrogens with zero attached hydrogens (tertiary/aromatic N) is 3. The summed E-state index contributed by atoms with van der Waals surface area (Å²) in [6, 6.07) is -0.379. The molecule has 0 saturated carbocycles. The lowest BCUT2D eigenvalue weighted by Crippen LogP contribution is -2.25. The van der Waals surface area contributed by atoms with E-state index in [1.165, 1.54) is 11.3 Å². The average molecular weight is 343 g/mol. The zero-order valence-corrected chi connectivity index (χ0v) is 13.6. The summed E-state index contributed by atoms with van der Waals surface area (Å²) < 4.78 is 2.58. The molecule has 0 fully saturated rings. The first kappa shape index (κ1) is 14.2. The van der Waals surface area contributed by atoms with Crippen LogP contribution < -0.4 is 5.32 Å². The lowest BCUT2D eigenvalue weighted by molar-refractivity contribution is -0.119. The molecule has 102 valence electrons. The van der Waals surface area contributed by atoms with Gasteiger partial charge in [-0.15, -0.1) is 11.3 Å². The first-order valence-corrected chi connectivity index (χ1v) is 7.45. The normalized spacial score (nSPS) is 12.5. The zero-order valence-electron chi connectivity index (χ0n) is 11.2.